The Hall–Kier alpha value is -3.46. The lowest BCUT2D eigenvalue weighted by molar-refractivity contribution is -0.141. The van der Waals surface area contributed by atoms with Crippen LogP contribution >= 0.6 is 11.8 Å². The molecule has 0 radical (unpaired) electrons. The Balaban J connectivity index is 1.49. The molecule has 0 atom stereocenters. The molecule has 0 amide bonds. The summed E-state index contributed by atoms with van der Waals surface area (Å²) in [4.78, 5) is 31.3. The first kappa shape index (κ1) is 18.9. The van der Waals surface area contributed by atoms with Crippen LogP contribution in [-0.4, -0.2) is 31.5 Å². The first-order chi connectivity index (χ1) is 14.1. The topological polar surface area (TPSA) is 89.9 Å². The van der Waals surface area contributed by atoms with Gasteiger partial charge < -0.3 is 9.72 Å². The third-order valence-corrected chi connectivity index (χ3v) is 4.90. The van der Waals surface area contributed by atoms with Crippen molar-refractivity contribution >= 4 is 28.8 Å². The number of fused-ring (bicyclic) bond motifs is 1. The fraction of sp³-hybridized carbons (Fsp3) is 0.100. The van der Waals surface area contributed by atoms with Gasteiger partial charge in [-0.2, -0.15) is 5.10 Å². The number of rotatable bonds is 6. The molecule has 2 aromatic carbocycles. The molecule has 29 heavy (non-hydrogen) atoms. The van der Waals surface area contributed by atoms with Gasteiger partial charge in [0.1, 0.15) is 17.8 Å². The minimum absolute atomic E-state index is 0.00797. The summed E-state index contributed by atoms with van der Waals surface area (Å²) >= 11 is 1.06. The number of aromatic nitrogens is 4. The monoisotopic (exact) mass is 410 g/mol. The third-order valence-electron chi connectivity index (χ3n) is 4.06. The Morgan fingerprint density at radius 1 is 1.14 bits per heavy atom. The van der Waals surface area contributed by atoms with Crippen LogP contribution in [0.25, 0.3) is 16.7 Å². The Morgan fingerprint density at radius 2 is 1.90 bits per heavy atom. The fourth-order valence-corrected chi connectivity index (χ4v) is 3.30. The molecule has 0 saturated carbocycles. The summed E-state index contributed by atoms with van der Waals surface area (Å²) in [6.07, 6.45) is 1.40. The van der Waals surface area contributed by atoms with E-state index in [2.05, 4.69) is 15.1 Å². The number of thioether (sulfide) groups is 1. The number of hydrogen-bond acceptors (Lipinski definition) is 6. The number of aromatic amines is 1. The van der Waals surface area contributed by atoms with Gasteiger partial charge in [-0.25, -0.2) is 14.1 Å². The number of halogens is 1. The normalized spacial score (nSPS) is 10.9. The molecule has 0 bridgehead atoms. The van der Waals surface area contributed by atoms with Crippen LogP contribution in [0.2, 0.25) is 0 Å². The van der Waals surface area contributed by atoms with Crippen molar-refractivity contribution in [3.63, 3.8) is 0 Å². The van der Waals surface area contributed by atoms with Crippen molar-refractivity contribution in [1.82, 2.24) is 19.7 Å². The average Bonchev–Trinajstić information content (AvgIpc) is 3.17. The van der Waals surface area contributed by atoms with Crippen molar-refractivity contribution in [2.75, 3.05) is 5.75 Å². The lowest BCUT2D eigenvalue weighted by Gasteiger charge is -2.06. The molecular formula is C20H15FN4O3S. The molecule has 9 heteroatoms. The number of ether oxygens (including phenoxy) is 1. The molecule has 7 nitrogen and oxygen atoms in total. The van der Waals surface area contributed by atoms with Crippen molar-refractivity contribution in [3.8, 4) is 5.69 Å². The van der Waals surface area contributed by atoms with Gasteiger partial charge in [0, 0.05) is 0 Å². The Kier molecular flexibility index (Phi) is 5.39. The highest BCUT2D eigenvalue weighted by atomic mass is 32.2. The van der Waals surface area contributed by atoms with Gasteiger partial charge in [0.25, 0.3) is 5.56 Å². The number of nitrogens with zero attached hydrogens (tertiary/aromatic N) is 3. The van der Waals surface area contributed by atoms with Gasteiger partial charge in [-0.15, -0.1) is 0 Å². The summed E-state index contributed by atoms with van der Waals surface area (Å²) in [7, 11) is 0. The maximum atomic E-state index is 13.2. The van der Waals surface area contributed by atoms with E-state index in [0.717, 1.165) is 17.3 Å². The molecule has 1 N–H and O–H groups in total. The van der Waals surface area contributed by atoms with Gasteiger partial charge in [-0.1, -0.05) is 42.1 Å². The van der Waals surface area contributed by atoms with E-state index >= 15 is 0 Å². The SMILES string of the molecule is O=C(CSc1nc2c(cnn2-c2ccc(F)cc2)c(=O)[nH]1)OCc1ccccc1. The lowest BCUT2D eigenvalue weighted by Crippen LogP contribution is -2.12. The zero-order chi connectivity index (χ0) is 20.2. The quantitative estimate of drug-likeness (QED) is 0.299. The highest BCUT2D eigenvalue weighted by Gasteiger charge is 2.13. The number of H-pyrrole nitrogens is 1. The molecule has 0 unspecified atom stereocenters. The maximum Gasteiger partial charge on any atom is 0.316 e. The van der Waals surface area contributed by atoms with Gasteiger partial charge in [0.05, 0.1) is 17.6 Å². The fourth-order valence-electron chi connectivity index (χ4n) is 2.64. The average molecular weight is 410 g/mol. The number of esters is 1. The Bertz CT molecular complexity index is 1210. The Labute approximate surface area is 168 Å². The first-order valence-corrected chi connectivity index (χ1v) is 9.65. The number of benzene rings is 2. The molecule has 0 fully saturated rings. The molecule has 146 valence electrons. The second kappa shape index (κ2) is 8.27. The van der Waals surface area contributed by atoms with Gasteiger partial charge in [0.2, 0.25) is 0 Å². The minimum Gasteiger partial charge on any atom is -0.460 e. The molecule has 4 rings (SSSR count). The highest BCUT2D eigenvalue weighted by Crippen LogP contribution is 2.18. The number of carbonyl (C=O) groups is 1. The molecule has 0 spiro atoms. The number of hydrogen-bond donors (Lipinski definition) is 1. The van der Waals surface area contributed by atoms with Crippen molar-refractivity contribution < 1.29 is 13.9 Å². The van der Waals surface area contributed by atoms with Crippen LogP contribution in [0.3, 0.4) is 0 Å². The van der Waals surface area contributed by atoms with Crippen LogP contribution in [0.5, 0.6) is 0 Å². The van der Waals surface area contributed by atoms with Crippen molar-refractivity contribution in [1.29, 1.82) is 0 Å². The second-order valence-electron chi connectivity index (χ2n) is 6.08. The molecular weight excluding hydrogens is 395 g/mol. The van der Waals surface area contributed by atoms with Crippen LogP contribution in [0.15, 0.2) is 70.7 Å². The van der Waals surface area contributed by atoms with Crippen LogP contribution in [0.4, 0.5) is 4.39 Å². The van der Waals surface area contributed by atoms with Crippen LogP contribution in [0, 0.1) is 5.82 Å². The van der Waals surface area contributed by atoms with E-state index in [0.29, 0.717) is 16.7 Å². The zero-order valence-electron chi connectivity index (χ0n) is 15.0. The van der Waals surface area contributed by atoms with Crippen molar-refractivity contribution in [3.05, 3.63) is 82.5 Å². The summed E-state index contributed by atoms with van der Waals surface area (Å²) in [5.74, 6) is -0.804. The van der Waals surface area contributed by atoms with Crippen LogP contribution < -0.4 is 5.56 Å². The summed E-state index contributed by atoms with van der Waals surface area (Å²) in [6.45, 7) is 0.181. The summed E-state index contributed by atoms with van der Waals surface area (Å²) in [5.41, 5.74) is 1.41. The van der Waals surface area contributed by atoms with Crippen LogP contribution in [-0.2, 0) is 16.1 Å². The van der Waals surface area contributed by atoms with E-state index in [4.69, 9.17) is 4.74 Å². The van der Waals surface area contributed by atoms with E-state index in [1.165, 1.54) is 23.0 Å². The van der Waals surface area contributed by atoms with Crippen molar-refractivity contribution in [2.24, 2.45) is 0 Å². The predicted octanol–water partition coefficient (Wildman–Crippen LogP) is 3.08. The molecule has 0 aliphatic carbocycles. The standard InChI is InChI=1S/C20H15FN4O3S/c21-14-6-8-15(9-7-14)25-18-16(10-22-25)19(27)24-20(23-18)29-12-17(26)28-11-13-4-2-1-3-5-13/h1-10H,11-12H2,(H,23,24,27). The number of nitrogens with one attached hydrogen (secondary N) is 1. The van der Waals surface area contributed by atoms with E-state index < -0.39 is 5.97 Å². The highest BCUT2D eigenvalue weighted by molar-refractivity contribution is 7.99. The third kappa shape index (κ3) is 4.35. The van der Waals surface area contributed by atoms with E-state index in [1.807, 2.05) is 30.3 Å². The smallest absolute Gasteiger partial charge is 0.316 e. The summed E-state index contributed by atoms with van der Waals surface area (Å²) < 4.78 is 19.8. The summed E-state index contributed by atoms with van der Waals surface area (Å²) in [6, 6.07) is 15.0. The van der Waals surface area contributed by atoms with E-state index in [1.54, 1.807) is 12.1 Å². The molecule has 0 aliphatic rings. The van der Waals surface area contributed by atoms with Gasteiger partial charge >= 0.3 is 5.97 Å². The second-order valence-corrected chi connectivity index (χ2v) is 7.04. The molecule has 0 saturated heterocycles. The Morgan fingerprint density at radius 3 is 2.66 bits per heavy atom. The van der Waals surface area contributed by atoms with Gasteiger partial charge in [-0.05, 0) is 29.8 Å². The summed E-state index contributed by atoms with van der Waals surface area (Å²) in [5, 5.41) is 4.73. The first-order valence-electron chi connectivity index (χ1n) is 8.66. The molecule has 0 aliphatic heterocycles. The maximum absolute atomic E-state index is 13.2. The zero-order valence-corrected chi connectivity index (χ0v) is 15.9. The predicted molar refractivity (Wildman–Crippen MR) is 106 cm³/mol. The van der Waals surface area contributed by atoms with Crippen LogP contribution in [0.1, 0.15) is 5.56 Å². The molecule has 4 aromatic rings. The molecule has 2 aromatic heterocycles. The minimum atomic E-state index is -0.423. The largest absolute Gasteiger partial charge is 0.460 e. The van der Waals surface area contributed by atoms with Gasteiger partial charge in [-0.3, -0.25) is 9.59 Å². The van der Waals surface area contributed by atoms with E-state index in [9.17, 15) is 14.0 Å². The number of carbonyl (C=O) groups excluding carboxylic acids is 1. The van der Waals surface area contributed by atoms with Crippen molar-refractivity contribution in [2.45, 2.75) is 11.8 Å². The van der Waals surface area contributed by atoms with E-state index in [-0.39, 0.29) is 28.9 Å². The molecule has 2 heterocycles. The van der Waals surface area contributed by atoms with Gasteiger partial charge in [0.15, 0.2) is 10.8 Å². The lowest BCUT2D eigenvalue weighted by atomic mass is 10.2.